The van der Waals surface area contributed by atoms with Crippen molar-refractivity contribution in [3.05, 3.63) is 65.2 Å². The summed E-state index contributed by atoms with van der Waals surface area (Å²) in [5, 5.41) is 10.4. The maximum atomic E-state index is 12.5. The summed E-state index contributed by atoms with van der Waals surface area (Å²) in [5.41, 5.74) is 10.4. The highest BCUT2D eigenvalue weighted by Crippen LogP contribution is 2.29. The number of carbonyl (C=O) groups excluding carboxylic acids is 1. The van der Waals surface area contributed by atoms with Crippen LogP contribution in [0.25, 0.3) is 22.2 Å². The van der Waals surface area contributed by atoms with Gasteiger partial charge in [0.2, 0.25) is 0 Å². The lowest BCUT2D eigenvalue weighted by molar-refractivity contribution is 0.0978. The SMILES string of the molecule is Cc1cccc(C)c1-c1cc(C(=O)NC(=N)N)c2ccccc2n1. The zero-order chi connectivity index (χ0) is 17.3. The van der Waals surface area contributed by atoms with Gasteiger partial charge in [-0.25, -0.2) is 4.98 Å². The van der Waals surface area contributed by atoms with Crippen LogP contribution in [0.1, 0.15) is 21.5 Å². The number of carbonyl (C=O) groups is 1. The first-order valence-electron chi connectivity index (χ1n) is 7.59. The van der Waals surface area contributed by atoms with Crippen LogP contribution in [0.4, 0.5) is 0 Å². The summed E-state index contributed by atoms with van der Waals surface area (Å²) >= 11 is 0. The first-order chi connectivity index (χ1) is 11.5. The lowest BCUT2D eigenvalue weighted by Gasteiger charge is -2.13. The Morgan fingerprint density at radius 3 is 2.42 bits per heavy atom. The smallest absolute Gasteiger partial charge is 0.258 e. The second-order valence-corrected chi connectivity index (χ2v) is 5.71. The minimum absolute atomic E-state index is 0.380. The normalized spacial score (nSPS) is 10.6. The van der Waals surface area contributed by atoms with Gasteiger partial charge in [0.15, 0.2) is 5.96 Å². The maximum Gasteiger partial charge on any atom is 0.258 e. The van der Waals surface area contributed by atoms with Crippen molar-refractivity contribution in [1.29, 1.82) is 5.41 Å². The van der Waals surface area contributed by atoms with Crippen molar-refractivity contribution in [1.82, 2.24) is 10.3 Å². The molecule has 3 rings (SSSR count). The van der Waals surface area contributed by atoms with Gasteiger partial charge in [-0.3, -0.25) is 15.5 Å². The molecule has 3 aromatic rings. The first-order valence-corrected chi connectivity index (χ1v) is 7.59. The van der Waals surface area contributed by atoms with Crippen LogP contribution in [0.3, 0.4) is 0 Å². The summed E-state index contributed by atoms with van der Waals surface area (Å²) in [6, 6.07) is 15.3. The van der Waals surface area contributed by atoms with E-state index in [2.05, 4.69) is 5.32 Å². The molecule has 0 aliphatic heterocycles. The lowest BCUT2D eigenvalue weighted by Crippen LogP contribution is -2.35. The van der Waals surface area contributed by atoms with E-state index in [1.54, 1.807) is 6.07 Å². The number of aromatic nitrogens is 1. The Bertz CT molecular complexity index is 942. The molecule has 0 aliphatic rings. The fourth-order valence-electron chi connectivity index (χ4n) is 2.90. The molecular formula is C19H18N4O. The molecule has 0 unspecified atom stereocenters. The largest absolute Gasteiger partial charge is 0.370 e. The average Bonchev–Trinajstić information content (AvgIpc) is 2.53. The van der Waals surface area contributed by atoms with Crippen molar-refractivity contribution >= 4 is 22.8 Å². The van der Waals surface area contributed by atoms with E-state index in [1.165, 1.54) is 0 Å². The van der Waals surface area contributed by atoms with Crippen LogP contribution in [0.5, 0.6) is 0 Å². The molecule has 120 valence electrons. The van der Waals surface area contributed by atoms with Gasteiger partial charge >= 0.3 is 0 Å². The van der Waals surface area contributed by atoms with Gasteiger partial charge in [0.1, 0.15) is 0 Å². The van der Waals surface area contributed by atoms with Gasteiger partial charge in [0.25, 0.3) is 5.91 Å². The van der Waals surface area contributed by atoms with E-state index >= 15 is 0 Å². The van der Waals surface area contributed by atoms with Crippen molar-refractivity contribution in [3.8, 4) is 11.3 Å². The molecule has 0 aliphatic carbocycles. The maximum absolute atomic E-state index is 12.5. The van der Waals surface area contributed by atoms with Crippen LogP contribution in [-0.4, -0.2) is 16.9 Å². The van der Waals surface area contributed by atoms with Gasteiger partial charge < -0.3 is 5.73 Å². The van der Waals surface area contributed by atoms with E-state index < -0.39 is 5.91 Å². The van der Waals surface area contributed by atoms with Crippen molar-refractivity contribution in [3.63, 3.8) is 0 Å². The number of hydrogen-bond acceptors (Lipinski definition) is 3. The number of benzene rings is 2. The molecule has 0 fully saturated rings. The third kappa shape index (κ3) is 2.84. The lowest BCUT2D eigenvalue weighted by atomic mass is 9.97. The topological polar surface area (TPSA) is 91.9 Å². The molecule has 1 heterocycles. The Morgan fingerprint density at radius 1 is 1.08 bits per heavy atom. The quantitative estimate of drug-likeness (QED) is 0.500. The summed E-state index contributed by atoms with van der Waals surface area (Å²) in [5.74, 6) is -0.789. The van der Waals surface area contributed by atoms with Crippen molar-refractivity contribution in [2.24, 2.45) is 5.73 Å². The molecule has 24 heavy (non-hydrogen) atoms. The fraction of sp³-hybridized carbons (Fsp3) is 0.105. The number of nitrogens with two attached hydrogens (primary N) is 1. The van der Waals surface area contributed by atoms with E-state index in [9.17, 15) is 4.79 Å². The third-order valence-corrected chi connectivity index (χ3v) is 3.95. The van der Waals surface area contributed by atoms with Crippen LogP contribution in [-0.2, 0) is 0 Å². The van der Waals surface area contributed by atoms with Crippen LogP contribution >= 0.6 is 0 Å². The number of rotatable bonds is 2. The van der Waals surface area contributed by atoms with Crippen LogP contribution in [0.15, 0.2) is 48.5 Å². The molecule has 5 nitrogen and oxygen atoms in total. The zero-order valence-electron chi connectivity index (χ0n) is 13.6. The zero-order valence-corrected chi connectivity index (χ0v) is 13.6. The molecule has 0 spiro atoms. The Morgan fingerprint density at radius 2 is 1.75 bits per heavy atom. The predicted molar refractivity (Wildman–Crippen MR) is 96.0 cm³/mol. The predicted octanol–water partition coefficient (Wildman–Crippen LogP) is 3.14. The molecule has 4 N–H and O–H groups in total. The van der Waals surface area contributed by atoms with Crippen molar-refractivity contribution in [2.75, 3.05) is 0 Å². The number of fused-ring (bicyclic) bond motifs is 1. The molecule has 0 atom stereocenters. The molecule has 2 aromatic carbocycles. The van der Waals surface area contributed by atoms with Gasteiger partial charge in [-0.1, -0.05) is 36.4 Å². The molecule has 0 radical (unpaired) electrons. The number of hydrogen-bond donors (Lipinski definition) is 3. The molecular weight excluding hydrogens is 300 g/mol. The Labute approximate surface area is 140 Å². The van der Waals surface area contributed by atoms with Gasteiger partial charge in [-0.15, -0.1) is 0 Å². The second kappa shape index (κ2) is 6.12. The van der Waals surface area contributed by atoms with Gasteiger partial charge in [-0.2, -0.15) is 0 Å². The number of para-hydroxylation sites is 1. The Balaban J connectivity index is 2.28. The molecule has 1 aromatic heterocycles. The summed E-state index contributed by atoms with van der Waals surface area (Å²) in [7, 11) is 0. The monoisotopic (exact) mass is 318 g/mol. The minimum Gasteiger partial charge on any atom is -0.370 e. The fourth-order valence-corrected chi connectivity index (χ4v) is 2.90. The van der Waals surface area contributed by atoms with E-state index in [0.29, 0.717) is 5.56 Å². The molecule has 0 bridgehead atoms. The second-order valence-electron chi connectivity index (χ2n) is 5.71. The molecule has 0 saturated heterocycles. The van der Waals surface area contributed by atoms with E-state index in [4.69, 9.17) is 16.1 Å². The summed E-state index contributed by atoms with van der Waals surface area (Å²) < 4.78 is 0. The van der Waals surface area contributed by atoms with E-state index in [1.807, 2.05) is 56.3 Å². The average molecular weight is 318 g/mol. The highest BCUT2D eigenvalue weighted by atomic mass is 16.1. The first kappa shape index (κ1) is 15.7. The number of amides is 1. The Kier molecular flexibility index (Phi) is 4.00. The van der Waals surface area contributed by atoms with Gasteiger partial charge in [-0.05, 0) is 37.1 Å². The summed E-state index contributed by atoms with van der Waals surface area (Å²) in [6.45, 7) is 4.04. The van der Waals surface area contributed by atoms with E-state index in [0.717, 1.165) is 33.3 Å². The highest BCUT2D eigenvalue weighted by molar-refractivity contribution is 6.12. The number of aryl methyl sites for hydroxylation is 2. The number of nitrogens with zero attached hydrogens (tertiary/aromatic N) is 1. The minimum atomic E-state index is -0.409. The Hall–Kier alpha value is -3.21. The molecule has 1 amide bonds. The van der Waals surface area contributed by atoms with Crippen LogP contribution < -0.4 is 11.1 Å². The van der Waals surface area contributed by atoms with Crippen LogP contribution in [0.2, 0.25) is 0 Å². The summed E-state index contributed by atoms with van der Waals surface area (Å²) in [4.78, 5) is 17.2. The molecule has 5 heteroatoms. The molecule has 0 saturated carbocycles. The third-order valence-electron chi connectivity index (χ3n) is 3.95. The van der Waals surface area contributed by atoms with Gasteiger partial charge in [0.05, 0.1) is 16.8 Å². The number of nitrogens with one attached hydrogen (secondary N) is 2. The number of guanidine groups is 1. The summed E-state index contributed by atoms with van der Waals surface area (Å²) in [6.07, 6.45) is 0. The van der Waals surface area contributed by atoms with Crippen molar-refractivity contribution in [2.45, 2.75) is 13.8 Å². The van der Waals surface area contributed by atoms with E-state index in [-0.39, 0.29) is 5.96 Å². The number of pyridine rings is 1. The van der Waals surface area contributed by atoms with Crippen molar-refractivity contribution < 1.29 is 4.79 Å². The standard InChI is InChI=1S/C19H18N4O/c1-11-6-5-7-12(2)17(11)16-10-14(18(24)23-19(20)21)13-8-3-4-9-15(13)22-16/h3-10H,1-2H3,(H4,20,21,23,24). The van der Waals surface area contributed by atoms with Crippen LogP contribution in [0, 0.1) is 19.3 Å². The highest BCUT2D eigenvalue weighted by Gasteiger charge is 2.16. The van der Waals surface area contributed by atoms with Gasteiger partial charge in [0, 0.05) is 10.9 Å².